The lowest BCUT2D eigenvalue weighted by Crippen LogP contribution is -2.34. The smallest absolute Gasteiger partial charge is 0.269 e. The van der Waals surface area contributed by atoms with Crippen LogP contribution in [0.15, 0.2) is 30.3 Å². The zero-order chi connectivity index (χ0) is 12.1. The Morgan fingerprint density at radius 3 is 2.78 bits per heavy atom. The van der Waals surface area contributed by atoms with Crippen molar-refractivity contribution in [1.82, 2.24) is 5.43 Å². The highest BCUT2D eigenvalue weighted by Crippen LogP contribution is 2.51. The number of fused-ring (bicyclic) bond motifs is 5. The third-order valence-corrected chi connectivity index (χ3v) is 4.82. The number of hydrazone groups is 1. The molecule has 2 bridgehead atoms. The second kappa shape index (κ2) is 3.67. The first-order valence-corrected chi connectivity index (χ1v) is 6.82. The second-order valence-corrected chi connectivity index (χ2v) is 5.77. The van der Waals surface area contributed by atoms with E-state index in [2.05, 4.69) is 28.5 Å². The van der Waals surface area contributed by atoms with E-state index in [0.29, 0.717) is 17.9 Å². The lowest BCUT2D eigenvalue weighted by molar-refractivity contribution is -0.598. The molecule has 3 aliphatic rings. The third kappa shape index (κ3) is 1.36. The first-order valence-electron chi connectivity index (χ1n) is 6.82. The Balaban J connectivity index is 1.71. The maximum absolute atomic E-state index is 12.1. The van der Waals surface area contributed by atoms with Gasteiger partial charge in [-0.2, -0.15) is 0 Å². The molecule has 1 aromatic carbocycles. The van der Waals surface area contributed by atoms with Crippen LogP contribution in [0.5, 0.6) is 0 Å². The molecule has 3 heteroatoms. The van der Waals surface area contributed by atoms with Crippen molar-refractivity contribution in [2.24, 2.45) is 17.8 Å². The molecule has 0 spiro atoms. The fourth-order valence-electron chi connectivity index (χ4n) is 4.12. The molecule has 3 nitrogen and oxygen atoms in total. The van der Waals surface area contributed by atoms with Crippen LogP contribution in [0.3, 0.4) is 0 Å². The van der Waals surface area contributed by atoms with Crippen LogP contribution in [0.4, 0.5) is 0 Å². The number of amides is 1. The van der Waals surface area contributed by atoms with E-state index in [4.69, 9.17) is 0 Å². The molecule has 1 N–H and O–H groups in total. The Hall–Kier alpha value is -1.64. The summed E-state index contributed by atoms with van der Waals surface area (Å²) in [6.45, 7) is 0. The van der Waals surface area contributed by atoms with Gasteiger partial charge in [0.2, 0.25) is 6.21 Å². The van der Waals surface area contributed by atoms with Crippen LogP contribution >= 0.6 is 0 Å². The van der Waals surface area contributed by atoms with Crippen molar-refractivity contribution in [1.29, 1.82) is 0 Å². The van der Waals surface area contributed by atoms with Crippen molar-refractivity contribution in [3.8, 4) is 0 Å². The molecule has 2 saturated carbocycles. The Kier molecular flexibility index (Phi) is 2.10. The molecule has 2 aliphatic carbocycles. The number of hydrogen-bond donors (Lipinski definition) is 1. The molecule has 1 saturated heterocycles. The van der Waals surface area contributed by atoms with Gasteiger partial charge in [0.1, 0.15) is 5.92 Å². The number of benzene rings is 1. The van der Waals surface area contributed by atoms with Gasteiger partial charge in [-0.25, -0.2) is 0 Å². The standard InChI is InChI=1S/C15H16N2O/c18-15-13-11-6-7-12(8-11)14(13)17(16-15)9-10-4-2-1-3-5-10/h1-5,9,11-14H,6-8H2/p+1/b17-9-/t11-,12+,13?,14?/m1/s1. The maximum atomic E-state index is 12.1. The topological polar surface area (TPSA) is 32.1 Å². The summed E-state index contributed by atoms with van der Waals surface area (Å²) in [5, 5.41) is 0. The molecule has 1 heterocycles. The van der Waals surface area contributed by atoms with Crippen molar-refractivity contribution >= 4 is 12.1 Å². The Morgan fingerprint density at radius 2 is 1.94 bits per heavy atom. The summed E-state index contributed by atoms with van der Waals surface area (Å²) in [5.74, 6) is 1.82. The Labute approximate surface area is 106 Å². The normalized spacial score (nSPS) is 39.1. The van der Waals surface area contributed by atoms with Gasteiger partial charge in [0.15, 0.2) is 6.04 Å². The maximum Gasteiger partial charge on any atom is 0.284 e. The summed E-state index contributed by atoms with van der Waals surface area (Å²) >= 11 is 0. The van der Waals surface area contributed by atoms with Gasteiger partial charge in [-0.1, -0.05) is 18.2 Å². The number of carbonyl (C=O) groups is 1. The molecule has 18 heavy (non-hydrogen) atoms. The molecule has 1 aliphatic heterocycles. The van der Waals surface area contributed by atoms with Gasteiger partial charge in [0.25, 0.3) is 5.91 Å². The Morgan fingerprint density at radius 1 is 1.17 bits per heavy atom. The van der Waals surface area contributed by atoms with Gasteiger partial charge in [0.05, 0.1) is 0 Å². The van der Waals surface area contributed by atoms with Crippen LogP contribution in [0.2, 0.25) is 0 Å². The van der Waals surface area contributed by atoms with Gasteiger partial charge in [0, 0.05) is 11.5 Å². The van der Waals surface area contributed by atoms with E-state index < -0.39 is 0 Å². The zero-order valence-corrected chi connectivity index (χ0v) is 10.3. The molecule has 4 rings (SSSR count). The number of rotatable bonds is 1. The number of nitrogens with one attached hydrogen (secondary N) is 1. The number of hydrogen-bond acceptors (Lipinski definition) is 1. The summed E-state index contributed by atoms with van der Waals surface area (Å²) in [6, 6.07) is 10.6. The van der Waals surface area contributed by atoms with Crippen LogP contribution in [0, 0.1) is 17.8 Å². The molecule has 0 radical (unpaired) electrons. The van der Waals surface area contributed by atoms with Crippen molar-refractivity contribution in [2.45, 2.75) is 25.3 Å². The van der Waals surface area contributed by atoms with E-state index in [1.807, 2.05) is 18.2 Å². The van der Waals surface area contributed by atoms with Crippen LogP contribution in [0.25, 0.3) is 0 Å². The predicted octanol–water partition coefficient (Wildman–Crippen LogP) is 1.58. The molecular weight excluding hydrogens is 224 g/mol. The molecule has 1 amide bonds. The van der Waals surface area contributed by atoms with Crippen LogP contribution in [-0.4, -0.2) is 22.8 Å². The number of nitrogens with zero attached hydrogens (tertiary/aromatic N) is 1. The van der Waals surface area contributed by atoms with Crippen LogP contribution < -0.4 is 5.43 Å². The van der Waals surface area contributed by atoms with E-state index >= 15 is 0 Å². The van der Waals surface area contributed by atoms with E-state index in [9.17, 15) is 4.79 Å². The summed E-state index contributed by atoms with van der Waals surface area (Å²) in [4.78, 5) is 12.1. The quantitative estimate of drug-likeness (QED) is 0.744. The third-order valence-electron chi connectivity index (χ3n) is 4.82. The SMILES string of the molecule is O=C1N/[N+](=C\c2ccccc2)C2C1[C@@H]1CC[C@H]2C1. The molecule has 3 fully saturated rings. The van der Waals surface area contributed by atoms with Gasteiger partial charge in [-0.05, 0) is 37.3 Å². The monoisotopic (exact) mass is 241 g/mol. The highest BCUT2D eigenvalue weighted by atomic mass is 16.2. The predicted molar refractivity (Wildman–Crippen MR) is 68.1 cm³/mol. The minimum atomic E-state index is 0.236. The molecule has 4 atom stereocenters. The first kappa shape index (κ1) is 10.3. The summed E-state index contributed by atoms with van der Waals surface area (Å²) in [6.07, 6.45) is 5.88. The number of hydrazine groups is 1. The van der Waals surface area contributed by atoms with Crippen LogP contribution in [0.1, 0.15) is 24.8 Å². The first-order chi connectivity index (χ1) is 8.83. The average molecular weight is 241 g/mol. The minimum Gasteiger partial charge on any atom is -0.269 e. The highest BCUT2D eigenvalue weighted by Gasteiger charge is 2.61. The zero-order valence-electron chi connectivity index (χ0n) is 10.3. The lowest BCUT2D eigenvalue weighted by atomic mass is 9.85. The van der Waals surface area contributed by atoms with Crippen molar-refractivity contribution in [3.05, 3.63) is 35.9 Å². The lowest BCUT2D eigenvalue weighted by Gasteiger charge is -2.16. The van der Waals surface area contributed by atoms with Crippen molar-refractivity contribution in [2.75, 3.05) is 0 Å². The van der Waals surface area contributed by atoms with Gasteiger partial charge in [-0.3, -0.25) is 4.79 Å². The van der Waals surface area contributed by atoms with E-state index in [1.165, 1.54) is 19.3 Å². The Bertz CT molecular complexity index is 523. The fourth-order valence-corrected chi connectivity index (χ4v) is 4.12. The minimum absolute atomic E-state index is 0.236. The van der Waals surface area contributed by atoms with Gasteiger partial charge in [-0.15, -0.1) is 10.1 Å². The van der Waals surface area contributed by atoms with Crippen LogP contribution in [-0.2, 0) is 4.79 Å². The summed E-state index contributed by atoms with van der Waals surface area (Å²) in [5.41, 5.74) is 4.20. The molecular formula is C15H17N2O+. The summed E-state index contributed by atoms with van der Waals surface area (Å²) < 4.78 is 2.08. The van der Waals surface area contributed by atoms with E-state index in [-0.39, 0.29) is 11.8 Å². The highest BCUT2D eigenvalue weighted by molar-refractivity contribution is 5.83. The number of carbonyl (C=O) groups excluding carboxylic acids is 1. The average Bonchev–Trinajstić information content (AvgIpc) is 3.05. The van der Waals surface area contributed by atoms with Gasteiger partial charge < -0.3 is 0 Å². The van der Waals surface area contributed by atoms with Gasteiger partial charge >= 0.3 is 0 Å². The molecule has 0 aromatic heterocycles. The molecule has 2 unspecified atom stereocenters. The largest absolute Gasteiger partial charge is 0.284 e. The molecule has 92 valence electrons. The van der Waals surface area contributed by atoms with E-state index in [0.717, 1.165) is 5.56 Å². The molecule has 1 aromatic rings. The summed E-state index contributed by atoms with van der Waals surface area (Å²) in [7, 11) is 0. The van der Waals surface area contributed by atoms with E-state index in [1.54, 1.807) is 0 Å². The fraction of sp³-hybridized carbons (Fsp3) is 0.467. The second-order valence-electron chi connectivity index (χ2n) is 5.77. The van der Waals surface area contributed by atoms with Crippen molar-refractivity contribution in [3.63, 3.8) is 0 Å². The van der Waals surface area contributed by atoms with Crippen molar-refractivity contribution < 1.29 is 9.48 Å².